The predicted molar refractivity (Wildman–Crippen MR) is 137 cm³/mol. The number of carbonyl (C=O) groups is 1. The molecule has 4 aromatic rings. The molecule has 3 aromatic carbocycles. The molecule has 6 nitrogen and oxygen atoms in total. The largest absolute Gasteiger partial charge is 0.457 e. The van der Waals surface area contributed by atoms with Crippen molar-refractivity contribution in [1.29, 1.82) is 0 Å². The molecule has 0 saturated carbocycles. The molecule has 0 unspecified atom stereocenters. The second-order valence-electron chi connectivity index (χ2n) is 7.74. The van der Waals surface area contributed by atoms with Crippen molar-refractivity contribution in [3.8, 4) is 11.3 Å². The number of amides is 1. The highest BCUT2D eigenvalue weighted by atomic mass is 35.5. The number of hydrogen-bond acceptors (Lipinski definition) is 4. The van der Waals surface area contributed by atoms with E-state index in [2.05, 4.69) is 0 Å². The van der Waals surface area contributed by atoms with Gasteiger partial charge < -0.3 is 4.42 Å². The summed E-state index contributed by atoms with van der Waals surface area (Å²) in [6, 6.07) is 24.1. The highest BCUT2D eigenvalue weighted by Crippen LogP contribution is 2.37. The minimum atomic E-state index is -0.486. The molecule has 172 valence electrons. The normalized spacial score (nSPS) is 14.5. The van der Waals surface area contributed by atoms with Crippen molar-refractivity contribution in [2.75, 3.05) is 4.90 Å². The summed E-state index contributed by atoms with van der Waals surface area (Å²) in [6.07, 6.45) is 3.39. The van der Waals surface area contributed by atoms with Gasteiger partial charge in [-0.3, -0.25) is 19.8 Å². The van der Waals surface area contributed by atoms with Gasteiger partial charge in [-0.2, -0.15) is 0 Å². The average Bonchev–Trinajstić information content (AvgIpc) is 3.46. The van der Waals surface area contributed by atoms with Gasteiger partial charge in [-0.05, 0) is 54.1 Å². The lowest BCUT2D eigenvalue weighted by molar-refractivity contribution is -0.384. The predicted octanol–water partition coefficient (Wildman–Crippen LogP) is 7.63. The van der Waals surface area contributed by atoms with Gasteiger partial charge in [-0.15, -0.1) is 0 Å². The Labute approximate surface area is 210 Å². The third kappa shape index (κ3) is 4.49. The number of nitro benzene ring substituents is 1. The monoisotopic (exact) mass is 502 g/mol. The van der Waals surface area contributed by atoms with E-state index in [0.717, 1.165) is 11.1 Å². The van der Waals surface area contributed by atoms with Gasteiger partial charge in [-0.25, -0.2) is 0 Å². The zero-order valence-electron chi connectivity index (χ0n) is 18.0. The number of non-ortho nitro benzene ring substituents is 1. The molecule has 35 heavy (non-hydrogen) atoms. The maximum atomic E-state index is 13.5. The molecule has 0 aliphatic carbocycles. The number of carbonyl (C=O) groups excluding carboxylic acids is 1. The number of nitrogens with zero attached hydrogens (tertiary/aromatic N) is 2. The molecular formula is C27H16Cl2N2O4. The van der Waals surface area contributed by atoms with E-state index in [4.69, 9.17) is 27.6 Å². The summed E-state index contributed by atoms with van der Waals surface area (Å²) in [5, 5.41) is 12.2. The second kappa shape index (κ2) is 9.25. The van der Waals surface area contributed by atoms with Gasteiger partial charge in [0.05, 0.1) is 26.4 Å². The SMILES string of the molecule is O=C1/C(=C/c2ccc(-c3ccc(Cl)c(Cl)c3)o2)C=C(c2ccccc2)N1c1cccc([N+](=O)[O-])c1. The van der Waals surface area contributed by atoms with Crippen LogP contribution < -0.4 is 4.90 Å². The molecule has 0 atom stereocenters. The first-order chi connectivity index (χ1) is 16.9. The lowest BCUT2D eigenvalue weighted by Crippen LogP contribution is -2.25. The minimum Gasteiger partial charge on any atom is -0.457 e. The summed E-state index contributed by atoms with van der Waals surface area (Å²) < 4.78 is 5.94. The molecule has 1 aliphatic rings. The fourth-order valence-corrected chi connectivity index (χ4v) is 4.13. The van der Waals surface area contributed by atoms with Crippen LogP contribution in [-0.2, 0) is 4.79 Å². The Morgan fingerprint density at radius 1 is 0.857 bits per heavy atom. The fraction of sp³-hybridized carbons (Fsp3) is 0. The standard InChI is InChI=1S/C27H16Cl2N2O4/c28-23-11-9-18(14-24(23)29)26-12-10-22(35-26)13-19-15-25(17-5-2-1-3-6-17)30(27(19)32)20-7-4-8-21(16-20)31(33)34/h1-16H/b19-13+. The third-order valence-electron chi connectivity index (χ3n) is 5.48. The zero-order valence-corrected chi connectivity index (χ0v) is 19.5. The van der Waals surface area contributed by atoms with Crippen LogP contribution in [0.2, 0.25) is 10.0 Å². The number of anilines is 1. The Morgan fingerprint density at radius 2 is 1.66 bits per heavy atom. The van der Waals surface area contributed by atoms with Crippen LogP contribution in [0.4, 0.5) is 11.4 Å². The van der Waals surface area contributed by atoms with Crippen molar-refractivity contribution in [2.24, 2.45) is 0 Å². The fourth-order valence-electron chi connectivity index (χ4n) is 3.83. The molecule has 0 bridgehead atoms. The first-order valence-corrected chi connectivity index (χ1v) is 11.3. The van der Waals surface area contributed by atoms with Crippen LogP contribution in [0.3, 0.4) is 0 Å². The van der Waals surface area contributed by atoms with E-state index in [1.54, 1.807) is 54.6 Å². The molecule has 0 spiro atoms. The molecule has 5 rings (SSSR count). The summed E-state index contributed by atoms with van der Waals surface area (Å²) >= 11 is 12.1. The molecule has 0 fully saturated rings. The van der Waals surface area contributed by atoms with Crippen molar-refractivity contribution in [3.63, 3.8) is 0 Å². The van der Waals surface area contributed by atoms with Gasteiger partial charge in [0.1, 0.15) is 11.5 Å². The highest BCUT2D eigenvalue weighted by Gasteiger charge is 2.31. The van der Waals surface area contributed by atoms with E-state index in [9.17, 15) is 14.9 Å². The molecule has 0 radical (unpaired) electrons. The first kappa shape index (κ1) is 22.7. The maximum Gasteiger partial charge on any atom is 0.271 e. The molecule has 1 aliphatic heterocycles. The Morgan fingerprint density at radius 3 is 2.40 bits per heavy atom. The zero-order chi connectivity index (χ0) is 24.5. The van der Waals surface area contributed by atoms with Crippen LogP contribution in [0.1, 0.15) is 11.3 Å². The molecule has 8 heteroatoms. The van der Waals surface area contributed by atoms with E-state index < -0.39 is 4.92 Å². The minimum absolute atomic E-state index is 0.0996. The van der Waals surface area contributed by atoms with Gasteiger partial charge in [0.25, 0.3) is 11.6 Å². The van der Waals surface area contributed by atoms with E-state index in [1.165, 1.54) is 17.0 Å². The van der Waals surface area contributed by atoms with Crippen LogP contribution in [0.25, 0.3) is 23.1 Å². The number of rotatable bonds is 5. The van der Waals surface area contributed by atoms with Crippen LogP contribution in [0, 0.1) is 10.1 Å². The van der Waals surface area contributed by atoms with Crippen molar-refractivity contribution in [1.82, 2.24) is 0 Å². The third-order valence-corrected chi connectivity index (χ3v) is 6.22. The van der Waals surface area contributed by atoms with Gasteiger partial charge in [0.15, 0.2) is 0 Å². The second-order valence-corrected chi connectivity index (χ2v) is 8.56. The number of hydrogen-bond donors (Lipinski definition) is 0. The summed E-state index contributed by atoms with van der Waals surface area (Å²) in [4.78, 5) is 25.8. The average molecular weight is 503 g/mol. The van der Waals surface area contributed by atoms with Gasteiger partial charge in [0, 0.05) is 23.3 Å². The summed E-state index contributed by atoms with van der Waals surface area (Å²) in [7, 11) is 0. The molecule has 0 saturated heterocycles. The highest BCUT2D eigenvalue weighted by molar-refractivity contribution is 6.42. The topological polar surface area (TPSA) is 76.6 Å². The number of nitro groups is 1. The quantitative estimate of drug-likeness (QED) is 0.159. The Kier molecular flexibility index (Phi) is 5.99. The summed E-state index contributed by atoms with van der Waals surface area (Å²) in [6.45, 7) is 0. The van der Waals surface area contributed by atoms with E-state index in [1.807, 2.05) is 30.3 Å². The van der Waals surface area contributed by atoms with Crippen molar-refractivity contribution in [3.05, 3.63) is 128 Å². The molecule has 0 N–H and O–H groups in total. The number of benzene rings is 3. The van der Waals surface area contributed by atoms with Crippen LogP contribution in [0.15, 0.2) is 101 Å². The van der Waals surface area contributed by atoms with Crippen molar-refractivity contribution in [2.45, 2.75) is 0 Å². The van der Waals surface area contributed by atoms with Gasteiger partial charge in [0.2, 0.25) is 0 Å². The van der Waals surface area contributed by atoms with E-state index in [0.29, 0.717) is 38.5 Å². The molecule has 1 aromatic heterocycles. The van der Waals surface area contributed by atoms with E-state index in [-0.39, 0.29) is 11.6 Å². The smallest absolute Gasteiger partial charge is 0.271 e. The van der Waals surface area contributed by atoms with Crippen LogP contribution in [0.5, 0.6) is 0 Å². The molecule has 1 amide bonds. The Hall–Kier alpha value is -4.13. The maximum absolute atomic E-state index is 13.5. The van der Waals surface area contributed by atoms with Crippen molar-refractivity contribution < 1.29 is 14.1 Å². The molecule has 2 heterocycles. The number of halogens is 2. The van der Waals surface area contributed by atoms with Crippen molar-refractivity contribution >= 4 is 52.3 Å². The van der Waals surface area contributed by atoms with E-state index >= 15 is 0 Å². The Bertz CT molecular complexity index is 1520. The Balaban J connectivity index is 1.55. The lowest BCUT2D eigenvalue weighted by Gasteiger charge is -2.20. The summed E-state index contributed by atoms with van der Waals surface area (Å²) in [5.41, 5.74) is 2.84. The first-order valence-electron chi connectivity index (χ1n) is 10.5. The number of furan rings is 1. The van der Waals surface area contributed by atoms with Crippen LogP contribution in [-0.4, -0.2) is 10.8 Å². The van der Waals surface area contributed by atoms with Crippen LogP contribution >= 0.6 is 23.2 Å². The summed E-state index contributed by atoms with van der Waals surface area (Å²) in [5.74, 6) is 0.722. The van der Waals surface area contributed by atoms with Gasteiger partial charge >= 0.3 is 0 Å². The lowest BCUT2D eigenvalue weighted by atomic mass is 10.1. The molecular weight excluding hydrogens is 487 g/mol. The van der Waals surface area contributed by atoms with Gasteiger partial charge in [-0.1, -0.05) is 59.6 Å².